The van der Waals surface area contributed by atoms with Crippen molar-refractivity contribution in [3.8, 4) is 16.9 Å². The first-order valence-electron chi connectivity index (χ1n) is 14.7. The van der Waals surface area contributed by atoms with E-state index in [-0.39, 0.29) is 29.7 Å². The molecule has 44 heavy (non-hydrogen) atoms. The van der Waals surface area contributed by atoms with Crippen LogP contribution in [0.5, 0.6) is 5.75 Å². The lowest BCUT2D eigenvalue weighted by Crippen LogP contribution is -2.62. The van der Waals surface area contributed by atoms with Gasteiger partial charge in [-0.2, -0.15) is 5.06 Å². The molecule has 2 aromatic carbocycles. The fourth-order valence-corrected chi connectivity index (χ4v) is 6.88. The molecule has 234 valence electrons. The zero-order valence-corrected chi connectivity index (χ0v) is 25.5. The number of rotatable bonds is 8. The molecule has 0 aliphatic heterocycles. The molecule has 6 N–H and O–H groups in total. The lowest BCUT2D eigenvalue weighted by atomic mass is 9.59. The van der Waals surface area contributed by atoms with Gasteiger partial charge in [0.2, 0.25) is 5.78 Å². The second-order valence-electron chi connectivity index (χ2n) is 12.2. The summed E-state index contributed by atoms with van der Waals surface area (Å²) in [5.74, 6) is -7.29. The van der Waals surface area contributed by atoms with Crippen molar-refractivity contribution in [3.63, 3.8) is 0 Å². The number of allylic oxidation sites excluding steroid dienone is 1. The van der Waals surface area contributed by atoms with Crippen molar-refractivity contribution in [2.24, 2.45) is 17.6 Å². The number of aromatic hydroxyl groups is 1. The number of unbranched alkanes of at least 4 members (excludes halogenated alkanes) is 1. The first-order valence-corrected chi connectivity index (χ1v) is 14.7. The molecule has 2 aromatic rings. The third-order valence-electron chi connectivity index (χ3n) is 9.01. The number of ketones is 2. The SMILES string of the molecule is CCCCc1ccc(-c2cc(N(C)C)c3c(c2O)C(=O)C2=C(O)[C@]4(O)C(=O)C(C(N)=O)=C(O)[C@@H](ON(C)C)[C@@H]4C[C@@H]2C3)cc1. The maximum Gasteiger partial charge on any atom is 0.255 e. The number of benzene rings is 2. The summed E-state index contributed by atoms with van der Waals surface area (Å²) in [5, 5.41) is 47.2. The Balaban J connectivity index is 1.68. The number of amides is 1. The van der Waals surface area contributed by atoms with E-state index in [9.17, 15) is 34.8 Å². The Kier molecular flexibility index (Phi) is 8.08. The highest BCUT2D eigenvalue weighted by molar-refractivity contribution is 6.25. The maximum absolute atomic E-state index is 14.3. The Morgan fingerprint density at radius 3 is 2.32 bits per heavy atom. The fourth-order valence-electron chi connectivity index (χ4n) is 6.88. The van der Waals surface area contributed by atoms with Gasteiger partial charge < -0.3 is 31.1 Å². The van der Waals surface area contributed by atoms with Gasteiger partial charge in [-0.1, -0.05) is 37.6 Å². The first kappa shape index (κ1) is 31.2. The van der Waals surface area contributed by atoms with Crippen LogP contribution < -0.4 is 10.6 Å². The molecular weight excluding hydrogens is 566 g/mol. The number of nitrogens with two attached hydrogens (primary N) is 1. The van der Waals surface area contributed by atoms with Gasteiger partial charge in [0.15, 0.2) is 11.4 Å². The van der Waals surface area contributed by atoms with Crippen LogP contribution in [0.15, 0.2) is 53.0 Å². The molecule has 3 aliphatic rings. The summed E-state index contributed by atoms with van der Waals surface area (Å²) in [4.78, 5) is 47.6. The number of carbonyl (C=O) groups excluding carboxylic acids is 3. The smallest absolute Gasteiger partial charge is 0.255 e. The van der Waals surface area contributed by atoms with Crippen molar-refractivity contribution < 1.29 is 39.6 Å². The van der Waals surface area contributed by atoms with Gasteiger partial charge in [-0.05, 0) is 54.4 Å². The van der Waals surface area contributed by atoms with Crippen LogP contribution in [0.2, 0.25) is 0 Å². The zero-order chi connectivity index (χ0) is 32.2. The Hall–Kier alpha value is -4.19. The number of hydrogen-bond donors (Lipinski definition) is 5. The number of phenols is 1. The van der Waals surface area contributed by atoms with E-state index in [0.717, 1.165) is 24.8 Å². The fraction of sp³-hybridized carbons (Fsp3) is 0.424. The second kappa shape index (κ2) is 11.4. The van der Waals surface area contributed by atoms with E-state index in [1.807, 2.05) is 49.3 Å². The number of primary amides is 1. The topological polar surface area (TPSA) is 174 Å². The summed E-state index contributed by atoms with van der Waals surface area (Å²) in [5.41, 5.74) is 4.97. The quantitative estimate of drug-likeness (QED) is 0.222. The summed E-state index contributed by atoms with van der Waals surface area (Å²) in [7, 11) is 6.68. The number of aliphatic hydroxyl groups is 3. The molecule has 3 aliphatic carbocycles. The number of carbonyl (C=O) groups is 3. The molecule has 0 heterocycles. The molecule has 1 amide bonds. The molecule has 0 spiro atoms. The van der Waals surface area contributed by atoms with Gasteiger partial charge in [-0.3, -0.25) is 19.2 Å². The zero-order valence-electron chi connectivity index (χ0n) is 25.5. The van der Waals surface area contributed by atoms with E-state index in [0.29, 0.717) is 22.4 Å². The van der Waals surface area contributed by atoms with Crippen LogP contribution in [0, 0.1) is 11.8 Å². The van der Waals surface area contributed by atoms with Crippen LogP contribution in [0.1, 0.15) is 47.7 Å². The van der Waals surface area contributed by atoms with E-state index < -0.39 is 58.1 Å². The summed E-state index contributed by atoms with van der Waals surface area (Å²) in [6.45, 7) is 2.12. The number of fused-ring (bicyclic) bond motifs is 3. The Morgan fingerprint density at radius 1 is 1.09 bits per heavy atom. The van der Waals surface area contributed by atoms with E-state index in [1.165, 1.54) is 19.2 Å². The third kappa shape index (κ3) is 4.75. The highest BCUT2D eigenvalue weighted by atomic mass is 16.7. The molecule has 0 saturated carbocycles. The van der Waals surface area contributed by atoms with Crippen LogP contribution in [0.4, 0.5) is 5.69 Å². The van der Waals surface area contributed by atoms with Crippen LogP contribution in [-0.2, 0) is 27.3 Å². The highest BCUT2D eigenvalue weighted by Crippen LogP contribution is 2.54. The molecule has 11 nitrogen and oxygen atoms in total. The van der Waals surface area contributed by atoms with Crippen molar-refractivity contribution in [2.75, 3.05) is 33.1 Å². The Labute approximate surface area is 255 Å². The molecule has 0 fully saturated rings. The molecule has 0 saturated heterocycles. The molecule has 4 atom stereocenters. The number of aryl methyl sites for hydroxylation is 1. The number of anilines is 1. The van der Waals surface area contributed by atoms with Gasteiger partial charge in [0.25, 0.3) is 5.91 Å². The lowest BCUT2D eigenvalue weighted by Gasteiger charge is -2.48. The van der Waals surface area contributed by atoms with Crippen LogP contribution >= 0.6 is 0 Å². The minimum Gasteiger partial charge on any atom is -0.508 e. The normalized spacial score (nSPS) is 24.8. The Bertz CT molecular complexity index is 1610. The lowest BCUT2D eigenvalue weighted by molar-refractivity contribution is -0.211. The maximum atomic E-state index is 14.3. The number of hydroxylamine groups is 2. The number of nitrogens with zero attached hydrogens (tertiary/aromatic N) is 2. The molecule has 5 rings (SSSR count). The number of Topliss-reactive ketones (excluding diaryl/α,β-unsaturated/α-hetero) is 2. The largest absolute Gasteiger partial charge is 0.508 e. The predicted octanol–water partition coefficient (Wildman–Crippen LogP) is 3.13. The van der Waals surface area contributed by atoms with Gasteiger partial charge in [0, 0.05) is 50.9 Å². The standard InChI is InChI=1S/C33H39N3O8/c1-6-7-8-16-9-11-17(12-10-16)19-15-22(35(2)3)20-13-18-14-21-29(44-36(4)5)28(39)25(32(34)42)31(41)33(21,43)30(40)23(18)27(38)24(20)26(19)37/h9-12,15,18,21,29,37,39-40,43H,6-8,13-14H2,1-5H3,(H2,34,42)/t18-,21-,29-,33-/m0/s1. The van der Waals surface area contributed by atoms with Crippen molar-refractivity contribution in [1.82, 2.24) is 5.06 Å². The van der Waals surface area contributed by atoms with Crippen molar-refractivity contribution in [3.05, 3.63) is 69.7 Å². The molecule has 0 bridgehead atoms. The second-order valence-corrected chi connectivity index (χ2v) is 12.2. The van der Waals surface area contributed by atoms with Gasteiger partial charge in [0.1, 0.15) is 28.9 Å². The van der Waals surface area contributed by atoms with E-state index >= 15 is 0 Å². The van der Waals surface area contributed by atoms with Crippen molar-refractivity contribution in [2.45, 2.75) is 50.7 Å². The molecule has 11 heteroatoms. The molecule has 0 aromatic heterocycles. The summed E-state index contributed by atoms with van der Waals surface area (Å²) in [6, 6.07) is 9.58. The Morgan fingerprint density at radius 2 is 1.75 bits per heavy atom. The molecule has 0 unspecified atom stereocenters. The van der Waals surface area contributed by atoms with E-state index in [4.69, 9.17) is 10.6 Å². The predicted molar refractivity (Wildman–Crippen MR) is 163 cm³/mol. The van der Waals surface area contributed by atoms with Crippen LogP contribution in [0.25, 0.3) is 11.1 Å². The number of phenolic OH excluding ortho intramolecular Hbond substituents is 1. The van der Waals surface area contributed by atoms with E-state index in [1.54, 1.807) is 0 Å². The van der Waals surface area contributed by atoms with Crippen LogP contribution in [0.3, 0.4) is 0 Å². The highest BCUT2D eigenvalue weighted by Gasteiger charge is 2.63. The van der Waals surface area contributed by atoms with Gasteiger partial charge in [0.05, 0.1) is 5.56 Å². The average Bonchev–Trinajstić information content (AvgIpc) is 2.96. The van der Waals surface area contributed by atoms with Crippen molar-refractivity contribution >= 4 is 23.2 Å². The average molecular weight is 606 g/mol. The minimum atomic E-state index is -2.78. The number of hydrogen-bond acceptors (Lipinski definition) is 10. The van der Waals surface area contributed by atoms with Gasteiger partial charge >= 0.3 is 0 Å². The van der Waals surface area contributed by atoms with Gasteiger partial charge in [-0.25, -0.2) is 0 Å². The molecular formula is C33H39N3O8. The minimum absolute atomic E-state index is 0.0287. The first-order chi connectivity index (χ1) is 20.7. The summed E-state index contributed by atoms with van der Waals surface area (Å²) in [6.07, 6.45) is 1.75. The van der Waals surface area contributed by atoms with E-state index in [2.05, 4.69) is 6.92 Å². The summed E-state index contributed by atoms with van der Waals surface area (Å²) < 4.78 is 0. The van der Waals surface area contributed by atoms with Gasteiger partial charge in [-0.15, -0.1) is 0 Å². The van der Waals surface area contributed by atoms with Crippen LogP contribution in [-0.4, -0.2) is 82.9 Å². The van der Waals surface area contributed by atoms with Crippen molar-refractivity contribution in [1.29, 1.82) is 0 Å². The monoisotopic (exact) mass is 605 g/mol. The number of aliphatic hydroxyl groups excluding tert-OH is 2. The third-order valence-corrected chi connectivity index (χ3v) is 9.01. The molecule has 0 radical (unpaired) electrons. The summed E-state index contributed by atoms with van der Waals surface area (Å²) >= 11 is 0.